The van der Waals surface area contributed by atoms with Crippen molar-refractivity contribution >= 4 is 25.1 Å². The van der Waals surface area contributed by atoms with E-state index in [0.29, 0.717) is 11.0 Å². The zero-order valence-corrected chi connectivity index (χ0v) is 8.49. The summed E-state index contributed by atoms with van der Waals surface area (Å²) in [4.78, 5) is 19.9. The maximum atomic E-state index is 9.03. The van der Waals surface area contributed by atoms with Crippen molar-refractivity contribution in [1.82, 2.24) is 0 Å². The van der Waals surface area contributed by atoms with Crippen molar-refractivity contribution in [1.29, 1.82) is 0 Å². The Morgan fingerprint density at radius 3 is 2.38 bits per heavy atom. The molecule has 1 aromatic carbocycles. The molecule has 4 N–H and O–H groups in total. The van der Waals surface area contributed by atoms with Crippen LogP contribution in [0.25, 0.3) is 0 Å². The van der Waals surface area contributed by atoms with E-state index < -0.39 is 8.38 Å². The fourth-order valence-electron chi connectivity index (χ4n) is 0.983. The highest BCUT2D eigenvalue weighted by molar-refractivity contribution is 7.54. The first-order valence-electron chi connectivity index (χ1n) is 3.77. The molecule has 0 atom stereocenters. The first-order chi connectivity index (χ1) is 6.02. The Morgan fingerprint density at radius 1 is 1.31 bits per heavy atom. The first kappa shape index (κ1) is 10.3. The number of nitrogens with two attached hydrogens (primary N) is 1. The number of benzene rings is 1. The number of nitrogens with zero attached hydrogens (tertiary/aromatic N) is 1. The fourth-order valence-corrected chi connectivity index (χ4v) is 1.54. The fraction of sp³-hybridized carbons (Fsp3) is 0.250. The third-order valence-electron chi connectivity index (χ3n) is 1.75. The van der Waals surface area contributed by atoms with Crippen molar-refractivity contribution in [2.45, 2.75) is 0 Å². The molecule has 0 saturated carbocycles. The van der Waals surface area contributed by atoms with Gasteiger partial charge in [-0.2, -0.15) is 0 Å². The largest absolute Gasteiger partial charge is 0.398 e. The summed E-state index contributed by atoms with van der Waals surface area (Å²) in [5, 5.41) is 0.404. The molecule has 0 unspecified atom stereocenters. The van der Waals surface area contributed by atoms with Gasteiger partial charge in [0.25, 0.3) is 0 Å². The van der Waals surface area contributed by atoms with Crippen molar-refractivity contribution in [3.63, 3.8) is 0 Å². The highest BCUT2D eigenvalue weighted by Gasteiger charge is 2.09. The van der Waals surface area contributed by atoms with Crippen LogP contribution in [-0.4, -0.2) is 23.9 Å². The van der Waals surface area contributed by atoms with Crippen LogP contribution in [0.3, 0.4) is 0 Å². The molecule has 0 bridgehead atoms. The molecule has 1 aromatic rings. The van der Waals surface area contributed by atoms with Gasteiger partial charge < -0.3 is 20.4 Å². The van der Waals surface area contributed by atoms with E-state index >= 15 is 0 Å². The van der Waals surface area contributed by atoms with E-state index in [-0.39, 0.29) is 0 Å². The summed E-state index contributed by atoms with van der Waals surface area (Å²) in [6.07, 6.45) is 0. The van der Waals surface area contributed by atoms with Crippen LogP contribution in [0, 0.1) is 0 Å². The van der Waals surface area contributed by atoms with Crippen molar-refractivity contribution in [3.8, 4) is 0 Å². The van der Waals surface area contributed by atoms with Crippen molar-refractivity contribution in [2.75, 3.05) is 24.7 Å². The Labute approximate surface area is 78.5 Å². The van der Waals surface area contributed by atoms with Crippen molar-refractivity contribution in [3.05, 3.63) is 18.2 Å². The summed E-state index contributed by atoms with van der Waals surface area (Å²) in [5.41, 5.74) is 6.89. The molecule has 5 heteroatoms. The van der Waals surface area contributed by atoms with E-state index in [1.165, 1.54) is 0 Å². The van der Waals surface area contributed by atoms with Gasteiger partial charge in [0.05, 0.1) is 5.30 Å². The van der Waals surface area contributed by atoms with Gasteiger partial charge in [-0.3, -0.25) is 0 Å². The lowest BCUT2D eigenvalue weighted by molar-refractivity contribution is 0.497. The van der Waals surface area contributed by atoms with Gasteiger partial charge in [-0.25, -0.2) is 0 Å². The minimum absolute atomic E-state index is 0.404. The second kappa shape index (κ2) is 3.92. The molecule has 0 heterocycles. The predicted octanol–water partition coefficient (Wildman–Crippen LogP) is 0.257. The van der Waals surface area contributed by atoms with Gasteiger partial charge in [0.1, 0.15) is 0 Å². The van der Waals surface area contributed by atoms with Crippen LogP contribution >= 0.6 is 8.38 Å². The molecule has 4 nitrogen and oxygen atoms in total. The van der Waals surface area contributed by atoms with Crippen LogP contribution in [0.15, 0.2) is 18.2 Å². The monoisotopic (exact) mass is 200 g/mol. The number of rotatable bonds is 2. The second-order valence-electron chi connectivity index (χ2n) is 2.93. The SMILES string of the molecule is CN(C)c1ccc(N)c(P(O)O)c1. The Kier molecular flexibility index (Phi) is 3.09. The Morgan fingerprint density at radius 2 is 1.92 bits per heavy atom. The normalized spacial score (nSPS) is 10.5. The molecule has 0 amide bonds. The topological polar surface area (TPSA) is 69.7 Å². The summed E-state index contributed by atoms with van der Waals surface area (Å²) < 4.78 is 0. The Balaban J connectivity index is 3.11. The molecule has 0 aliphatic carbocycles. The average Bonchev–Trinajstić information content (AvgIpc) is 2.04. The molecule has 0 aliphatic heterocycles. The predicted molar refractivity (Wildman–Crippen MR) is 56.2 cm³/mol. The van der Waals surface area contributed by atoms with Gasteiger partial charge in [-0.05, 0) is 18.2 Å². The lowest BCUT2D eigenvalue weighted by atomic mass is 10.3. The zero-order chi connectivity index (χ0) is 10.0. The standard InChI is InChI=1S/C8H13N2O2P/c1-10(2)6-3-4-7(9)8(5-6)13(11)12/h3-5,11-12H,9H2,1-2H3. The van der Waals surface area contributed by atoms with Crippen LogP contribution < -0.4 is 15.9 Å². The summed E-state index contributed by atoms with van der Waals surface area (Å²) >= 11 is 0. The molecule has 0 saturated heterocycles. The number of anilines is 2. The molecule has 1 rings (SSSR count). The van der Waals surface area contributed by atoms with Crippen LogP contribution in [0.4, 0.5) is 11.4 Å². The smallest absolute Gasteiger partial charge is 0.201 e. The van der Waals surface area contributed by atoms with E-state index in [1.54, 1.807) is 12.1 Å². The van der Waals surface area contributed by atoms with E-state index in [9.17, 15) is 0 Å². The maximum absolute atomic E-state index is 9.03. The molecular formula is C8H13N2O2P. The van der Waals surface area contributed by atoms with E-state index in [4.69, 9.17) is 15.5 Å². The van der Waals surface area contributed by atoms with Crippen LogP contribution in [0.1, 0.15) is 0 Å². The Hall–Kier alpha value is -0.830. The van der Waals surface area contributed by atoms with Gasteiger partial charge in [0.2, 0.25) is 8.38 Å². The molecule has 0 radical (unpaired) electrons. The quantitative estimate of drug-likeness (QED) is 0.473. The number of hydrogen-bond acceptors (Lipinski definition) is 4. The summed E-state index contributed by atoms with van der Waals surface area (Å²) in [5.74, 6) is 0. The minimum atomic E-state index is -2.11. The Bertz CT molecular complexity index is 302. The first-order valence-corrected chi connectivity index (χ1v) is 5.02. The molecule has 13 heavy (non-hydrogen) atoms. The third-order valence-corrected chi connectivity index (χ3v) is 2.56. The molecular weight excluding hydrogens is 187 g/mol. The highest BCUT2D eigenvalue weighted by Crippen LogP contribution is 2.27. The molecule has 72 valence electrons. The van der Waals surface area contributed by atoms with E-state index in [0.717, 1.165) is 5.69 Å². The lowest BCUT2D eigenvalue weighted by Crippen LogP contribution is -2.14. The molecule has 0 aliphatic rings. The zero-order valence-electron chi connectivity index (χ0n) is 7.60. The van der Waals surface area contributed by atoms with E-state index in [1.807, 2.05) is 25.1 Å². The second-order valence-corrected chi connectivity index (χ2v) is 3.99. The maximum Gasteiger partial charge on any atom is 0.201 e. The van der Waals surface area contributed by atoms with Crippen LogP contribution in [0.5, 0.6) is 0 Å². The van der Waals surface area contributed by atoms with Crippen molar-refractivity contribution < 1.29 is 9.79 Å². The van der Waals surface area contributed by atoms with Gasteiger partial charge in [-0.1, -0.05) is 0 Å². The summed E-state index contributed by atoms with van der Waals surface area (Å²) in [7, 11) is 1.65. The van der Waals surface area contributed by atoms with Gasteiger partial charge >= 0.3 is 0 Å². The molecule has 0 aromatic heterocycles. The average molecular weight is 200 g/mol. The number of nitrogen functional groups attached to an aromatic ring is 1. The summed E-state index contributed by atoms with van der Waals surface area (Å²) in [6, 6.07) is 5.19. The highest BCUT2D eigenvalue weighted by atomic mass is 31.2. The van der Waals surface area contributed by atoms with Crippen LogP contribution in [-0.2, 0) is 0 Å². The summed E-state index contributed by atoms with van der Waals surface area (Å²) in [6.45, 7) is 0. The van der Waals surface area contributed by atoms with Crippen LogP contribution in [0.2, 0.25) is 0 Å². The number of hydrogen-bond donors (Lipinski definition) is 3. The lowest BCUT2D eigenvalue weighted by Gasteiger charge is -2.15. The molecule has 0 spiro atoms. The van der Waals surface area contributed by atoms with Gasteiger partial charge in [0, 0.05) is 25.5 Å². The van der Waals surface area contributed by atoms with E-state index in [2.05, 4.69) is 0 Å². The molecule has 0 fully saturated rings. The third kappa shape index (κ3) is 2.31. The van der Waals surface area contributed by atoms with Gasteiger partial charge in [0.15, 0.2) is 0 Å². The minimum Gasteiger partial charge on any atom is -0.398 e. The van der Waals surface area contributed by atoms with Gasteiger partial charge in [-0.15, -0.1) is 0 Å². The van der Waals surface area contributed by atoms with Crippen molar-refractivity contribution in [2.24, 2.45) is 0 Å².